The third kappa shape index (κ3) is 5.93. The molecule has 0 spiro atoms. The second kappa shape index (κ2) is 15.1. The Labute approximate surface area is 358 Å². The summed E-state index contributed by atoms with van der Waals surface area (Å²) in [7, 11) is 0. The largest absolute Gasteiger partial charge is 0.294 e. The number of hydrogen-bond acceptors (Lipinski definition) is 2. The van der Waals surface area contributed by atoms with Crippen LogP contribution in [0.15, 0.2) is 223 Å². The molecule has 0 saturated heterocycles. The fourth-order valence-electron chi connectivity index (χ4n) is 8.92. The minimum absolute atomic E-state index is 0.409. The van der Waals surface area contributed by atoms with E-state index in [9.17, 15) is 0 Å². The average molecular weight is 800 g/mol. The van der Waals surface area contributed by atoms with E-state index < -0.39 is 0 Å². The Morgan fingerprint density at radius 2 is 1.19 bits per heavy atom. The van der Waals surface area contributed by atoms with Crippen LogP contribution in [0.2, 0.25) is 0 Å². The fraction of sp³-hybridized carbons (Fsp3) is 0.0364. The van der Waals surface area contributed by atoms with Crippen molar-refractivity contribution < 1.29 is 0 Å². The Morgan fingerprint density at radius 1 is 0.597 bits per heavy atom. The van der Waals surface area contributed by atoms with Gasteiger partial charge >= 0.3 is 0 Å². The molecule has 4 aromatic heterocycles. The highest BCUT2D eigenvalue weighted by Gasteiger charge is 2.25. The van der Waals surface area contributed by atoms with Gasteiger partial charge in [0.25, 0.3) is 0 Å². The zero-order valence-corrected chi connectivity index (χ0v) is 34.2. The maximum absolute atomic E-state index is 5.44. The molecule has 0 atom stereocenters. The van der Waals surface area contributed by atoms with Crippen LogP contribution in [-0.4, -0.2) is 41.3 Å². The number of imidazole rings is 2. The van der Waals surface area contributed by atoms with Crippen molar-refractivity contribution in [1.82, 2.24) is 23.1 Å². The van der Waals surface area contributed by atoms with Crippen molar-refractivity contribution in [2.75, 3.05) is 6.54 Å². The number of fused-ring (bicyclic) bond motifs is 10. The zero-order chi connectivity index (χ0) is 41.7. The van der Waals surface area contributed by atoms with Crippen LogP contribution in [0.3, 0.4) is 0 Å². The summed E-state index contributed by atoms with van der Waals surface area (Å²) in [6.45, 7) is 10.4. The number of benzene rings is 7. The van der Waals surface area contributed by atoms with E-state index in [0.29, 0.717) is 12.5 Å². The molecule has 0 aliphatic carbocycles. The lowest BCUT2D eigenvalue weighted by Crippen LogP contribution is -2.13. The number of allylic oxidation sites excluding steroid dienone is 2. The topological polar surface area (TPSA) is 56.8 Å². The Kier molecular flexibility index (Phi) is 8.94. The Bertz CT molecular complexity index is 3630. The third-order valence-electron chi connectivity index (χ3n) is 11.8. The quantitative estimate of drug-likeness (QED) is 0.0858. The summed E-state index contributed by atoms with van der Waals surface area (Å²) in [6, 6.07) is 61.9. The first-order valence-corrected chi connectivity index (χ1v) is 20.8. The molecular weight excluding hydrogens is 759 g/mol. The van der Waals surface area contributed by atoms with E-state index in [1.807, 2.05) is 37.3 Å². The third-order valence-corrected chi connectivity index (χ3v) is 11.8. The maximum Gasteiger partial charge on any atom is 0.230 e. The van der Waals surface area contributed by atoms with Crippen molar-refractivity contribution in [1.29, 1.82) is 0 Å². The van der Waals surface area contributed by atoms with E-state index in [4.69, 9.17) is 15.0 Å². The molecule has 11 rings (SSSR count). The number of rotatable bonds is 8. The highest BCUT2D eigenvalue weighted by atomic mass is 15.3. The van der Waals surface area contributed by atoms with Crippen LogP contribution in [0.1, 0.15) is 12.5 Å². The van der Waals surface area contributed by atoms with Gasteiger partial charge in [0.1, 0.15) is 5.52 Å². The molecule has 0 fully saturated rings. The van der Waals surface area contributed by atoms with Crippen LogP contribution in [0, 0.1) is 0 Å². The molecule has 11 aromatic rings. The Morgan fingerprint density at radius 3 is 1.90 bits per heavy atom. The SMILES string of the molecule is C=C/C=C(\C=C)CN=C(/N=C(\C)c1ccccc1)n1c2ccccc2c2cc(-c3ccc4c(c3)nc3n(-c5ccccc5)c5c6ccccc6n(-c6ccccc6)c5n43)ccc21. The van der Waals surface area contributed by atoms with Crippen LogP contribution in [0.25, 0.3) is 83.2 Å². The summed E-state index contributed by atoms with van der Waals surface area (Å²) in [5, 5.41) is 3.40. The van der Waals surface area contributed by atoms with E-state index >= 15 is 0 Å². The molecule has 7 aromatic carbocycles. The van der Waals surface area contributed by atoms with Crippen LogP contribution in [0.4, 0.5) is 0 Å². The molecule has 7 nitrogen and oxygen atoms in total. The molecule has 7 heteroatoms. The van der Waals surface area contributed by atoms with E-state index in [1.165, 1.54) is 5.39 Å². The molecule has 0 aliphatic heterocycles. The number of para-hydroxylation sites is 4. The van der Waals surface area contributed by atoms with Gasteiger partial charge in [-0.15, -0.1) is 0 Å². The van der Waals surface area contributed by atoms with Crippen LogP contribution < -0.4 is 0 Å². The summed E-state index contributed by atoms with van der Waals surface area (Å²) in [5.41, 5.74) is 14.6. The zero-order valence-electron chi connectivity index (χ0n) is 34.2. The number of nitrogens with zero attached hydrogens (tertiary/aromatic N) is 7. The summed E-state index contributed by atoms with van der Waals surface area (Å²) in [5.74, 6) is 1.47. The number of aromatic nitrogens is 5. The van der Waals surface area contributed by atoms with E-state index in [2.05, 4.69) is 189 Å². The number of aliphatic imine (C=N–C) groups is 2. The molecule has 0 aliphatic rings. The van der Waals surface area contributed by atoms with Gasteiger partial charge in [0, 0.05) is 33.2 Å². The van der Waals surface area contributed by atoms with Gasteiger partial charge < -0.3 is 0 Å². The van der Waals surface area contributed by atoms with Gasteiger partial charge in [-0.05, 0) is 89.9 Å². The standard InChI is InChI=1S/C55H41N7/c1-4-19-38(5-2)36-56-54(57-37(3)39-20-9-6-10-21-39)61-48-28-17-15-26-44(48)46-34-40(30-32-50(46)61)41-31-33-51-47(35-41)58-55-60(43-24-13-8-14-25-43)52-45-27-16-18-29-49(45)59(53(52)62(51)55)42-22-11-7-12-23-42/h4-35H,1-2,36H2,3H3/b38-19+,56-54?,57-37+. The summed E-state index contributed by atoms with van der Waals surface area (Å²) in [6.07, 6.45) is 5.52. The van der Waals surface area contributed by atoms with E-state index in [1.54, 1.807) is 6.08 Å². The smallest absolute Gasteiger partial charge is 0.230 e. The van der Waals surface area contributed by atoms with Gasteiger partial charge in [0.05, 0.1) is 34.1 Å². The normalized spacial score (nSPS) is 12.8. The lowest BCUT2D eigenvalue weighted by molar-refractivity contribution is 1.09. The molecule has 0 radical (unpaired) electrons. The monoisotopic (exact) mass is 799 g/mol. The van der Waals surface area contributed by atoms with Gasteiger partial charge in [-0.25, -0.2) is 15.0 Å². The molecule has 0 unspecified atom stereocenters. The van der Waals surface area contributed by atoms with Gasteiger partial charge in [-0.2, -0.15) is 0 Å². The molecule has 0 saturated carbocycles. The van der Waals surface area contributed by atoms with Crippen molar-refractivity contribution in [2.24, 2.45) is 9.98 Å². The molecule has 4 heterocycles. The van der Waals surface area contributed by atoms with Gasteiger partial charge in [-0.1, -0.05) is 147 Å². The highest BCUT2D eigenvalue weighted by Crippen LogP contribution is 2.39. The van der Waals surface area contributed by atoms with Crippen molar-refractivity contribution in [3.63, 3.8) is 0 Å². The predicted octanol–water partition coefficient (Wildman–Crippen LogP) is 13.2. The summed E-state index contributed by atoms with van der Waals surface area (Å²) in [4.78, 5) is 15.8. The first-order valence-electron chi connectivity index (χ1n) is 20.8. The Balaban J connectivity index is 1.11. The van der Waals surface area contributed by atoms with Crippen molar-refractivity contribution >= 4 is 72.4 Å². The van der Waals surface area contributed by atoms with Crippen molar-refractivity contribution in [2.45, 2.75) is 6.92 Å². The molecule has 0 bridgehead atoms. The van der Waals surface area contributed by atoms with Crippen molar-refractivity contribution in [3.8, 4) is 22.5 Å². The Hall–Kier alpha value is -8.29. The first-order chi connectivity index (χ1) is 30.6. The fourth-order valence-corrected chi connectivity index (χ4v) is 8.92. The van der Waals surface area contributed by atoms with E-state index in [0.717, 1.165) is 94.6 Å². The summed E-state index contributed by atoms with van der Waals surface area (Å²) < 4.78 is 9.18. The maximum atomic E-state index is 5.44. The van der Waals surface area contributed by atoms with Gasteiger partial charge in [0.15, 0.2) is 5.65 Å². The number of hydrogen-bond donors (Lipinski definition) is 0. The van der Waals surface area contributed by atoms with Crippen LogP contribution in [-0.2, 0) is 0 Å². The van der Waals surface area contributed by atoms with Crippen molar-refractivity contribution in [3.05, 3.63) is 218 Å². The van der Waals surface area contributed by atoms with Crippen LogP contribution >= 0.6 is 0 Å². The molecular formula is C55H41N7. The minimum atomic E-state index is 0.409. The lowest BCUT2D eigenvalue weighted by atomic mass is 10.0. The van der Waals surface area contributed by atoms with E-state index in [-0.39, 0.29) is 0 Å². The lowest BCUT2D eigenvalue weighted by Gasteiger charge is -2.10. The molecule has 296 valence electrons. The van der Waals surface area contributed by atoms with Gasteiger partial charge in [0.2, 0.25) is 11.7 Å². The molecule has 0 N–H and O–H groups in total. The van der Waals surface area contributed by atoms with Crippen LogP contribution in [0.5, 0.6) is 0 Å². The molecule has 0 amide bonds. The highest BCUT2D eigenvalue weighted by molar-refractivity contribution is 6.17. The average Bonchev–Trinajstić information content (AvgIpc) is 4.05. The minimum Gasteiger partial charge on any atom is -0.294 e. The first kappa shape index (κ1) is 36.8. The molecule has 62 heavy (non-hydrogen) atoms. The predicted molar refractivity (Wildman–Crippen MR) is 260 cm³/mol. The second-order valence-electron chi connectivity index (χ2n) is 15.4. The summed E-state index contributed by atoms with van der Waals surface area (Å²) >= 11 is 0. The second-order valence-corrected chi connectivity index (χ2v) is 15.4. The van der Waals surface area contributed by atoms with Gasteiger partial charge in [-0.3, -0.25) is 18.1 Å².